The number of aromatic nitrogens is 2. The third kappa shape index (κ3) is 2.42. The van der Waals surface area contributed by atoms with E-state index in [9.17, 15) is 17.9 Å². The highest BCUT2D eigenvalue weighted by atomic mass is 32.2. The number of hydrogen-bond acceptors (Lipinski definition) is 7. The zero-order valence-corrected chi connectivity index (χ0v) is 10.6. The molecule has 0 atom stereocenters. The van der Waals surface area contributed by atoms with Crippen molar-refractivity contribution < 1.29 is 22.4 Å². The van der Waals surface area contributed by atoms with Gasteiger partial charge < -0.3 is 15.4 Å². The van der Waals surface area contributed by atoms with Crippen molar-refractivity contribution in [2.24, 2.45) is 5.73 Å². The van der Waals surface area contributed by atoms with Gasteiger partial charge in [0.1, 0.15) is 4.90 Å². The molecule has 102 valence electrons. The second-order valence-electron chi connectivity index (χ2n) is 3.76. The van der Waals surface area contributed by atoms with Crippen molar-refractivity contribution in [1.29, 1.82) is 0 Å². The Kier molecular flexibility index (Phi) is 3.25. The topological polar surface area (TPSA) is 119 Å². The molecule has 1 heterocycles. The smallest absolute Gasteiger partial charge is 0.240 e. The van der Waals surface area contributed by atoms with Crippen LogP contribution in [0.5, 0.6) is 5.75 Å². The molecule has 0 aliphatic rings. The van der Waals surface area contributed by atoms with E-state index >= 15 is 0 Å². The van der Waals surface area contributed by atoms with E-state index in [1.165, 1.54) is 6.07 Å². The minimum atomic E-state index is -3.77. The number of benzene rings is 1. The first kappa shape index (κ1) is 13.4. The van der Waals surface area contributed by atoms with Crippen LogP contribution in [0.4, 0.5) is 4.39 Å². The molecule has 1 aromatic carbocycles. The number of aromatic hydroxyl groups is 1. The summed E-state index contributed by atoms with van der Waals surface area (Å²) in [6.45, 7) is -0.00231. The third-order valence-corrected chi connectivity index (χ3v) is 3.48. The van der Waals surface area contributed by atoms with Gasteiger partial charge in [-0.05, 0) is 12.1 Å². The normalized spacial score (nSPS) is 11.7. The van der Waals surface area contributed by atoms with Crippen LogP contribution in [-0.2, 0) is 16.4 Å². The summed E-state index contributed by atoms with van der Waals surface area (Å²) in [5.41, 5.74) is 5.20. The number of nitrogens with zero attached hydrogens (tertiary/aromatic N) is 2. The number of nitrogens with two attached hydrogens (primary N) is 1. The standard InChI is InChI=1S/C10H10FN3O4S/c1-19(16,17)6-3-2-5(9(15)8(6)11)10-13-7(4-12)18-14-10/h2-3,15H,4,12H2,1H3. The summed E-state index contributed by atoms with van der Waals surface area (Å²) in [5.74, 6) is -2.06. The molecule has 1 aromatic heterocycles. The molecule has 0 radical (unpaired) electrons. The zero-order chi connectivity index (χ0) is 14.2. The second kappa shape index (κ2) is 4.59. The fourth-order valence-electron chi connectivity index (χ4n) is 1.46. The number of halogens is 1. The fraction of sp³-hybridized carbons (Fsp3) is 0.200. The van der Waals surface area contributed by atoms with Crippen LogP contribution < -0.4 is 5.73 Å². The van der Waals surface area contributed by atoms with Gasteiger partial charge in [-0.15, -0.1) is 0 Å². The Morgan fingerprint density at radius 1 is 1.47 bits per heavy atom. The van der Waals surface area contributed by atoms with Crippen LogP contribution in [0, 0.1) is 5.82 Å². The monoisotopic (exact) mass is 287 g/mol. The van der Waals surface area contributed by atoms with Crippen LogP contribution in [0.1, 0.15) is 5.89 Å². The van der Waals surface area contributed by atoms with Crippen molar-refractivity contribution in [2.45, 2.75) is 11.4 Å². The van der Waals surface area contributed by atoms with Gasteiger partial charge in [0, 0.05) is 6.26 Å². The molecule has 2 rings (SSSR count). The molecule has 19 heavy (non-hydrogen) atoms. The molecule has 0 saturated heterocycles. The van der Waals surface area contributed by atoms with E-state index < -0.39 is 26.3 Å². The quantitative estimate of drug-likeness (QED) is 0.840. The predicted octanol–water partition coefficient (Wildman–Crippen LogP) is 0.444. The lowest BCUT2D eigenvalue weighted by Crippen LogP contribution is -2.01. The first-order valence-corrected chi connectivity index (χ1v) is 6.98. The Morgan fingerprint density at radius 3 is 2.68 bits per heavy atom. The Morgan fingerprint density at radius 2 is 2.16 bits per heavy atom. The lowest BCUT2D eigenvalue weighted by Gasteiger charge is -2.05. The van der Waals surface area contributed by atoms with E-state index in [4.69, 9.17) is 10.3 Å². The highest BCUT2D eigenvalue weighted by Crippen LogP contribution is 2.33. The van der Waals surface area contributed by atoms with Gasteiger partial charge in [0.15, 0.2) is 21.4 Å². The largest absolute Gasteiger partial charge is 0.504 e. The maximum absolute atomic E-state index is 13.8. The SMILES string of the molecule is CS(=O)(=O)c1ccc(-c2noc(CN)n2)c(O)c1F. The highest BCUT2D eigenvalue weighted by Gasteiger charge is 2.22. The van der Waals surface area contributed by atoms with Crippen molar-refractivity contribution in [1.82, 2.24) is 10.1 Å². The van der Waals surface area contributed by atoms with Crippen LogP contribution in [-0.4, -0.2) is 29.9 Å². The number of sulfone groups is 1. The molecule has 0 aliphatic carbocycles. The summed E-state index contributed by atoms with van der Waals surface area (Å²) in [6.07, 6.45) is 0.839. The maximum Gasteiger partial charge on any atom is 0.240 e. The van der Waals surface area contributed by atoms with Crippen LogP contribution >= 0.6 is 0 Å². The van der Waals surface area contributed by atoms with Gasteiger partial charge in [0.25, 0.3) is 0 Å². The fourth-order valence-corrected chi connectivity index (χ4v) is 2.20. The van der Waals surface area contributed by atoms with Gasteiger partial charge in [-0.3, -0.25) is 0 Å². The molecule has 0 unspecified atom stereocenters. The number of hydrogen-bond donors (Lipinski definition) is 2. The molecule has 9 heteroatoms. The summed E-state index contributed by atoms with van der Waals surface area (Å²) >= 11 is 0. The summed E-state index contributed by atoms with van der Waals surface area (Å²) in [5, 5.41) is 13.2. The van der Waals surface area contributed by atoms with Crippen LogP contribution in [0.25, 0.3) is 11.4 Å². The molecule has 0 bridgehead atoms. The second-order valence-corrected chi connectivity index (χ2v) is 5.75. The van der Waals surface area contributed by atoms with Crippen LogP contribution in [0.3, 0.4) is 0 Å². The Hall–Kier alpha value is -2.00. The summed E-state index contributed by atoms with van der Waals surface area (Å²) in [4.78, 5) is 3.21. The molecule has 0 aliphatic heterocycles. The minimum absolute atomic E-state index is 0.00231. The molecule has 0 spiro atoms. The predicted molar refractivity (Wildman–Crippen MR) is 62.4 cm³/mol. The van der Waals surface area contributed by atoms with Gasteiger partial charge in [0.2, 0.25) is 11.7 Å². The van der Waals surface area contributed by atoms with Crippen molar-refractivity contribution in [3.8, 4) is 17.1 Å². The van der Waals surface area contributed by atoms with Crippen molar-refractivity contribution >= 4 is 9.84 Å². The summed E-state index contributed by atoms with van der Waals surface area (Å²) in [6, 6.07) is 2.22. The van der Waals surface area contributed by atoms with E-state index in [2.05, 4.69) is 10.1 Å². The van der Waals surface area contributed by atoms with Crippen molar-refractivity contribution in [2.75, 3.05) is 6.26 Å². The van der Waals surface area contributed by atoms with Gasteiger partial charge in [-0.1, -0.05) is 5.16 Å². The molecular weight excluding hydrogens is 277 g/mol. The summed E-state index contributed by atoms with van der Waals surface area (Å²) in [7, 11) is -3.77. The average Bonchev–Trinajstić information content (AvgIpc) is 2.79. The number of phenols is 1. The van der Waals surface area contributed by atoms with E-state index in [0.717, 1.165) is 12.3 Å². The Bertz CT molecular complexity index is 726. The average molecular weight is 287 g/mol. The van der Waals surface area contributed by atoms with Crippen molar-refractivity contribution in [3.63, 3.8) is 0 Å². The lowest BCUT2D eigenvalue weighted by atomic mass is 10.2. The third-order valence-electron chi connectivity index (χ3n) is 2.36. The molecule has 7 nitrogen and oxygen atoms in total. The van der Waals surface area contributed by atoms with Gasteiger partial charge in [-0.2, -0.15) is 4.98 Å². The number of phenolic OH excluding ortho intramolecular Hbond substituents is 1. The molecule has 3 N–H and O–H groups in total. The van der Waals surface area contributed by atoms with E-state index in [1.54, 1.807) is 0 Å². The van der Waals surface area contributed by atoms with Gasteiger partial charge in [-0.25, -0.2) is 12.8 Å². The van der Waals surface area contributed by atoms with E-state index in [0.29, 0.717) is 0 Å². The van der Waals surface area contributed by atoms with Crippen molar-refractivity contribution in [3.05, 3.63) is 23.8 Å². The lowest BCUT2D eigenvalue weighted by molar-refractivity contribution is 0.380. The Balaban J connectivity index is 2.59. The maximum atomic E-state index is 13.8. The summed E-state index contributed by atoms with van der Waals surface area (Å²) < 4.78 is 41.1. The van der Waals surface area contributed by atoms with E-state index in [1.807, 2.05) is 0 Å². The Labute approximate surface area is 107 Å². The molecule has 2 aromatic rings. The van der Waals surface area contributed by atoms with Gasteiger partial charge >= 0.3 is 0 Å². The first-order chi connectivity index (χ1) is 8.84. The van der Waals surface area contributed by atoms with Crippen LogP contribution in [0.2, 0.25) is 0 Å². The molecule has 0 fully saturated rings. The van der Waals surface area contributed by atoms with E-state index in [-0.39, 0.29) is 23.8 Å². The molecule has 0 saturated carbocycles. The highest BCUT2D eigenvalue weighted by molar-refractivity contribution is 7.90. The molecular formula is C10H10FN3O4S. The molecule has 0 amide bonds. The first-order valence-electron chi connectivity index (χ1n) is 5.09. The van der Waals surface area contributed by atoms with Crippen LogP contribution in [0.15, 0.2) is 21.6 Å². The number of rotatable bonds is 3. The minimum Gasteiger partial charge on any atom is -0.504 e. The zero-order valence-electron chi connectivity index (χ0n) is 9.79. The van der Waals surface area contributed by atoms with Gasteiger partial charge in [0.05, 0.1) is 12.1 Å².